The molecule has 2 atom stereocenters. The zero-order valence-electron chi connectivity index (χ0n) is 11.2. The largest absolute Gasteiger partial charge is 0.381 e. The minimum Gasteiger partial charge on any atom is -0.381 e. The molecular weight excluding hydrogens is 280 g/mol. The Balaban J connectivity index is 2.07. The van der Waals surface area contributed by atoms with Crippen molar-refractivity contribution in [1.82, 2.24) is 4.72 Å². The van der Waals surface area contributed by atoms with Gasteiger partial charge in [-0.3, -0.25) is 0 Å². The molecule has 0 radical (unpaired) electrons. The molecule has 1 aromatic rings. The molecule has 0 aromatic heterocycles. The minimum absolute atomic E-state index is 0.299. The number of thioether (sulfide) groups is 1. The molecule has 0 saturated heterocycles. The predicted molar refractivity (Wildman–Crippen MR) is 81.3 cm³/mol. The van der Waals surface area contributed by atoms with Crippen LogP contribution in [0.4, 0.5) is 5.69 Å². The average molecular weight is 300 g/mol. The van der Waals surface area contributed by atoms with E-state index in [2.05, 4.69) is 16.3 Å². The molecule has 19 heavy (non-hydrogen) atoms. The molecule has 1 aliphatic rings. The maximum absolute atomic E-state index is 11.6. The summed E-state index contributed by atoms with van der Waals surface area (Å²) >= 11 is 1.90. The van der Waals surface area contributed by atoms with Crippen molar-refractivity contribution in [2.75, 3.05) is 18.6 Å². The molecule has 2 unspecified atom stereocenters. The highest BCUT2D eigenvalue weighted by atomic mass is 32.2. The number of hydrogen-bond acceptors (Lipinski definition) is 4. The van der Waals surface area contributed by atoms with Gasteiger partial charge < -0.3 is 5.32 Å². The molecule has 0 spiro atoms. The molecular formula is C13H20N2O2S2. The fraction of sp³-hybridized carbons (Fsp3) is 0.538. The van der Waals surface area contributed by atoms with Gasteiger partial charge in [0.2, 0.25) is 10.0 Å². The van der Waals surface area contributed by atoms with Gasteiger partial charge >= 0.3 is 0 Å². The first-order valence-corrected chi connectivity index (χ1v) is 9.17. The van der Waals surface area contributed by atoms with E-state index in [0.717, 1.165) is 5.69 Å². The molecule has 1 aromatic carbocycles. The van der Waals surface area contributed by atoms with Crippen LogP contribution < -0.4 is 10.0 Å². The van der Waals surface area contributed by atoms with E-state index in [1.165, 1.54) is 26.3 Å². The van der Waals surface area contributed by atoms with Gasteiger partial charge in [0.25, 0.3) is 0 Å². The Hall–Kier alpha value is -0.720. The molecule has 0 aliphatic heterocycles. The summed E-state index contributed by atoms with van der Waals surface area (Å²) < 4.78 is 25.6. The van der Waals surface area contributed by atoms with Crippen LogP contribution in [-0.2, 0) is 10.0 Å². The van der Waals surface area contributed by atoms with Crippen molar-refractivity contribution in [3.05, 3.63) is 24.3 Å². The smallest absolute Gasteiger partial charge is 0.240 e. The SMILES string of the molecule is CNS(=O)(=O)c1ccc(NC2CCCC2SC)cc1. The minimum atomic E-state index is -3.34. The number of anilines is 1. The Bertz CT molecular complexity index is 514. The summed E-state index contributed by atoms with van der Waals surface area (Å²) in [6.07, 6.45) is 5.84. The van der Waals surface area contributed by atoms with Gasteiger partial charge in [-0.2, -0.15) is 11.8 Å². The van der Waals surface area contributed by atoms with E-state index in [1.807, 2.05) is 23.9 Å². The van der Waals surface area contributed by atoms with Crippen LogP contribution in [-0.4, -0.2) is 33.0 Å². The lowest BCUT2D eigenvalue weighted by atomic mass is 10.2. The summed E-state index contributed by atoms with van der Waals surface area (Å²) in [6, 6.07) is 7.43. The molecule has 1 aliphatic carbocycles. The second-order valence-electron chi connectivity index (χ2n) is 4.69. The lowest BCUT2D eigenvalue weighted by Crippen LogP contribution is -2.25. The molecule has 0 heterocycles. The van der Waals surface area contributed by atoms with Crippen molar-refractivity contribution in [2.45, 2.75) is 35.4 Å². The first-order chi connectivity index (χ1) is 9.06. The van der Waals surface area contributed by atoms with Crippen LogP contribution in [0.2, 0.25) is 0 Å². The van der Waals surface area contributed by atoms with Crippen molar-refractivity contribution >= 4 is 27.5 Å². The summed E-state index contributed by atoms with van der Waals surface area (Å²) in [5, 5.41) is 4.16. The zero-order valence-corrected chi connectivity index (χ0v) is 12.9. The molecule has 0 bridgehead atoms. The standard InChI is InChI=1S/C13H20N2O2S2/c1-14-19(16,17)11-8-6-10(7-9-11)15-12-4-3-5-13(12)18-2/h6-9,12-15H,3-5H2,1-2H3. The molecule has 6 heteroatoms. The molecule has 1 saturated carbocycles. The van der Waals surface area contributed by atoms with E-state index in [-0.39, 0.29) is 0 Å². The van der Waals surface area contributed by atoms with Gasteiger partial charge in [0.05, 0.1) is 4.90 Å². The number of benzene rings is 1. The zero-order chi connectivity index (χ0) is 13.9. The summed E-state index contributed by atoms with van der Waals surface area (Å²) in [5.74, 6) is 0. The topological polar surface area (TPSA) is 58.2 Å². The van der Waals surface area contributed by atoms with Gasteiger partial charge in [-0.15, -0.1) is 0 Å². The normalized spacial score (nSPS) is 23.5. The highest BCUT2D eigenvalue weighted by molar-refractivity contribution is 7.99. The van der Waals surface area contributed by atoms with E-state index in [9.17, 15) is 8.42 Å². The van der Waals surface area contributed by atoms with Crippen LogP contribution in [0.1, 0.15) is 19.3 Å². The molecule has 2 rings (SSSR count). The Morgan fingerprint density at radius 1 is 1.21 bits per heavy atom. The highest BCUT2D eigenvalue weighted by Gasteiger charge is 2.26. The average Bonchev–Trinajstić information content (AvgIpc) is 2.86. The summed E-state index contributed by atoms with van der Waals surface area (Å²) in [4.78, 5) is 0.299. The van der Waals surface area contributed by atoms with Gasteiger partial charge in [-0.25, -0.2) is 13.1 Å². The van der Waals surface area contributed by atoms with Crippen molar-refractivity contribution in [2.24, 2.45) is 0 Å². The lowest BCUT2D eigenvalue weighted by molar-refractivity contribution is 0.588. The van der Waals surface area contributed by atoms with Gasteiger partial charge in [0.15, 0.2) is 0 Å². The van der Waals surface area contributed by atoms with E-state index < -0.39 is 10.0 Å². The monoisotopic (exact) mass is 300 g/mol. The Kier molecular flexibility index (Phi) is 4.76. The van der Waals surface area contributed by atoms with Crippen LogP contribution in [0.5, 0.6) is 0 Å². The van der Waals surface area contributed by atoms with E-state index in [1.54, 1.807) is 12.1 Å². The Labute approximate surface area is 119 Å². The predicted octanol–water partition coefficient (Wildman–Crippen LogP) is 2.29. The fourth-order valence-corrected chi connectivity index (χ4v) is 4.10. The van der Waals surface area contributed by atoms with E-state index >= 15 is 0 Å². The molecule has 0 amide bonds. The maximum atomic E-state index is 11.6. The molecule has 106 valence electrons. The van der Waals surface area contributed by atoms with Crippen molar-refractivity contribution in [1.29, 1.82) is 0 Å². The number of nitrogens with one attached hydrogen (secondary N) is 2. The van der Waals surface area contributed by atoms with Gasteiger partial charge in [-0.1, -0.05) is 6.42 Å². The van der Waals surface area contributed by atoms with Crippen molar-refractivity contribution < 1.29 is 8.42 Å². The highest BCUT2D eigenvalue weighted by Crippen LogP contribution is 2.30. The first kappa shape index (κ1) is 14.7. The number of rotatable bonds is 5. The van der Waals surface area contributed by atoms with Crippen molar-refractivity contribution in [3.63, 3.8) is 0 Å². The third-order valence-electron chi connectivity index (χ3n) is 3.54. The van der Waals surface area contributed by atoms with Crippen LogP contribution in [0.15, 0.2) is 29.2 Å². The molecule has 1 fully saturated rings. The third-order valence-corrected chi connectivity index (χ3v) is 6.14. The summed E-state index contributed by atoms with van der Waals surface area (Å²) in [7, 11) is -1.92. The van der Waals surface area contributed by atoms with Crippen molar-refractivity contribution in [3.8, 4) is 0 Å². The second-order valence-corrected chi connectivity index (χ2v) is 7.65. The van der Waals surface area contributed by atoms with Gasteiger partial charge in [0, 0.05) is 17.0 Å². The molecule has 4 nitrogen and oxygen atoms in total. The van der Waals surface area contributed by atoms with Crippen LogP contribution in [0, 0.1) is 0 Å². The van der Waals surface area contributed by atoms with Crippen LogP contribution >= 0.6 is 11.8 Å². The van der Waals surface area contributed by atoms with Crippen LogP contribution in [0.3, 0.4) is 0 Å². The Morgan fingerprint density at radius 2 is 1.89 bits per heavy atom. The van der Waals surface area contributed by atoms with Gasteiger partial charge in [-0.05, 0) is 50.4 Å². The van der Waals surface area contributed by atoms with E-state index in [0.29, 0.717) is 16.2 Å². The number of hydrogen-bond donors (Lipinski definition) is 2. The lowest BCUT2D eigenvalue weighted by Gasteiger charge is -2.20. The quantitative estimate of drug-likeness (QED) is 0.876. The fourth-order valence-electron chi connectivity index (χ4n) is 2.44. The summed E-state index contributed by atoms with van der Waals surface area (Å²) in [5.41, 5.74) is 0.987. The first-order valence-electron chi connectivity index (χ1n) is 6.40. The van der Waals surface area contributed by atoms with Crippen LogP contribution in [0.25, 0.3) is 0 Å². The number of sulfonamides is 1. The summed E-state index contributed by atoms with van der Waals surface area (Å²) in [6.45, 7) is 0. The van der Waals surface area contributed by atoms with Gasteiger partial charge in [0.1, 0.15) is 0 Å². The third kappa shape index (κ3) is 3.43. The maximum Gasteiger partial charge on any atom is 0.240 e. The molecule has 2 N–H and O–H groups in total. The Morgan fingerprint density at radius 3 is 2.47 bits per heavy atom. The second kappa shape index (κ2) is 6.15. The van der Waals surface area contributed by atoms with E-state index in [4.69, 9.17) is 0 Å².